The predicted octanol–water partition coefficient (Wildman–Crippen LogP) is 4.15. The number of hydrogen-bond acceptors (Lipinski definition) is 6. The molecule has 1 atom stereocenters. The minimum atomic E-state index is -0.517. The van der Waals surface area contributed by atoms with Crippen LogP contribution in [0, 0.1) is 17.2 Å². The fraction of sp³-hybridized carbons (Fsp3) is 0.222. The Labute approximate surface area is 203 Å². The molecule has 0 aliphatic carbocycles. The third-order valence-corrected chi connectivity index (χ3v) is 5.74. The lowest BCUT2D eigenvalue weighted by Gasteiger charge is -2.20. The van der Waals surface area contributed by atoms with E-state index in [-0.39, 0.29) is 24.8 Å². The van der Waals surface area contributed by atoms with E-state index in [9.17, 15) is 9.59 Å². The summed E-state index contributed by atoms with van der Waals surface area (Å²) in [6, 6.07) is 21.6. The van der Waals surface area contributed by atoms with Crippen LogP contribution in [0.5, 0.6) is 17.2 Å². The number of ether oxygens (including phenoxy) is 3. The summed E-state index contributed by atoms with van der Waals surface area (Å²) in [4.78, 5) is 27.3. The van der Waals surface area contributed by atoms with Crippen LogP contribution < -0.4 is 24.4 Å². The van der Waals surface area contributed by atoms with E-state index in [1.807, 2.05) is 6.07 Å². The van der Waals surface area contributed by atoms with Crippen LogP contribution in [0.3, 0.4) is 0 Å². The van der Waals surface area contributed by atoms with Crippen LogP contribution in [0.4, 0.5) is 11.4 Å². The van der Waals surface area contributed by atoms with Crippen molar-refractivity contribution in [1.29, 1.82) is 5.26 Å². The first-order valence-corrected chi connectivity index (χ1v) is 11.1. The van der Waals surface area contributed by atoms with Gasteiger partial charge >= 0.3 is 0 Å². The Balaban J connectivity index is 1.40. The maximum atomic E-state index is 13.0. The summed E-state index contributed by atoms with van der Waals surface area (Å²) < 4.78 is 16.5. The second kappa shape index (κ2) is 10.6. The molecule has 1 aliphatic rings. The van der Waals surface area contributed by atoms with E-state index >= 15 is 0 Å². The van der Waals surface area contributed by atoms with E-state index in [4.69, 9.17) is 19.5 Å². The Morgan fingerprint density at radius 3 is 2.66 bits per heavy atom. The highest BCUT2D eigenvalue weighted by Gasteiger charge is 2.36. The highest BCUT2D eigenvalue weighted by atomic mass is 16.5. The maximum Gasteiger partial charge on any atom is 0.229 e. The van der Waals surface area contributed by atoms with Crippen molar-refractivity contribution in [3.8, 4) is 23.3 Å². The summed E-state index contributed by atoms with van der Waals surface area (Å²) in [7, 11) is 3.08. The van der Waals surface area contributed by atoms with Crippen LogP contribution in [0.15, 0.2) is 66.7 Å². The Bertz CT molecular complexity index is 1280. The van der Waals surface area contributed by atoms with Crippen LogP contribution >= 0.6 is 0 Å². The van der Waals surface area contributed by atoms with Crippen LogP contribution in [0.1, 0.15) is 17.5 Å². The maximum absolute atomic E-state index is 13.0. The molecule has 2 amide bonds. The van der Waals surface area contributed by atoms with E-state index in [1.54, 1.807) is 72.7 Å². The molecule has 1 fully saturated rings. The third-order valence-electron chi connectivity index (χ3n) is 5.74. The molecule has 8 nitrogen and oxygen atoms in total. The van der Waals surface area contributed by atoms with Crippen LogP contribution in [0.2, 0.25) is 0 Å². The molecule has 1 aliphatic heterocycles. The smallest absolute Gasteiger partial charge is 0.229 e. The fourth-order valence-electron chi connectivity index (χ4n) is 3.93. The number of carbonyl (C=O) groups excluding carboxylic acids is 2. The van der Waals surface area contributed by atoms with Crippen molar-refractivity contribution in [2.75, 3.05) is 31.0 Å². The van der Waals surface area contributed by atoms with Gasteiger partial charge in [0.2, 0.25) is 11.8 Å². The van der Waals surface area contributed by atoms with Crippen LogP contribution in [0.25, 0.3) is 0 Å². The van der Waals surface area contributed by atoms with Gasteiger partial charge in [-0.1, -0.05) is 18.2 Å². The molecule has 1 heterocycles. The molecule has 8 heteroatoms. The molecule has 3 aromatic rings. The van der Waals surface area contributed by atoms with Crippen molar-refractivity contribution >= 4 is 23.2 Å². The lowest BCUT2D eigenvalue weighted by Crippen LogP contribution is -2.28. The molecular formula is C27H25N3O5. The average Bonchev–Trinajstić information content (AvgIpc) is 3.29. The number of nitrogens with zero attached hydrogens (tertiary/aromatic N) is 2. The number of methoxy groups -OCH3 is 2. The molecule has 0 spiro atoms. The van der Waals surface area contributed by atoms with Crippen molar-refractivity contribution in [1.82, 2.24) is 0 Å². The summed E-state index contributed by atoms with van der Waals surface area (Å²) in [6.07, 6.45) is 0.0949. The summed E-state index contributed by atoms with van der Waals surface area (Å²) in [5.74, 6) is 0.783. The zero-order valence-corrected chi connectivity index (χ0v) is 19.5. The largest absolute Gasteiger partial charge is 0.497 e. The van der Waals surface area contributed by atoms with Crippen LogP contribution in [-0.2, 0) is 16.2 Å². The summed E-state index contributed by atoms with van der Waals surface area (Å²) >= 11 is 0. The normalized spacial score (nSPS) is 14.8. The number of hydrogen-bond donors (Lipinski definition) is 1. The van der Waals surface area contributed by atoms with Gasteiger partial charge in [-0.25, -0.2) is 0 Å². The minimum Gasteiger partial charge on any atom is -0.497 e. The lowest BCUT2D eigenvalue weighted by molar-refractivity contribution is -0.122. The van der Waals surface area contributed by atoms with E-state index in [0.717, 1.165) is 5.56 Å². The van der Waals surface area contributed by atoms with Crippen molar-refractivity contribution < 1.29 is 23.8 Å². The number of anilines is 2. The average molecular weight is 472 g/mol. The van der Waals surface area contributed by atoms with E-state index < -0.39 is 5.92 Å². The first-order chi connectivity index (χ1) is 17.0. The number of nitriles is 1. The zero-order chi connectivity index (χ0) is 24.8. The highest BCUT2D eigenvalue weighted by molar-refractivity contribution is 6.04. The standard InChI is InChI=1S/C27H25N3O5/c1-33-22-9-10-25(34-2)24(14-22)30-16-20(12-26(30)31)27(32)29-21-7-4-8-23(13-21)35-17-19-6-3-5-18(11-19)15-28/h3-11,13-14,20H,12,16-17H2,1-2H3,(H,29,32). The van der Waals surface area contributed by atoms with Crippen molar-refractivity contribution in [3.05, 3.63) is 77.9 Å². The predicted molar refractivity (Wildman–Crippen MR) is 131 cm³/mol. The van der Waals surface area contributed by atoms with Crippen LogP contribution in [-0.4, -0.2) is 32.6 Å². The van der Waals surface area contributed by atoms with Crippen molar-refractivity contribution in [3.63, 3.8) is 0 Å². The molecule has 178 valence electrons. The van der Waals surface area contributed by atoms with Gasteiger partial charge in [-0.3, -0.25) is 9.59 Å². The minimum absolute atomic E-state index is 0.0949. The number of rotatable bonds is 8. The number of benzene rings is 3. The summed E-state index contributed by atoms with van der Waals surface area (Å²) in [5.41, 5.74) is 2.58. The van der Waals surface area contributed by atoms with Gasteiger partial charge in [0.15, 0.2) is 0 Å². The van der Waals surface area contributed by atoms with Gasteiger partial charge in [0.1, 0.15) is 23.9 Å². The lowest BCUT2D eigenvalue weighted by atomic mass is 10.1. The second-order valence-electron chi connectivity index (χ2n) is 8.06. The van der Waals surface area contributed by atoms with Crippen molar-refractivity contribution in [2.45, 2.75) is 13.0 Å². The van der Waals surface area contributed by atoms with Gasteiger partial charge < -0.3 is 24.4 Å². The monoisotopic (exact) mass is 471 g/mol. The summed E-state index contributed by atoms with van der Waals surface area (Å²) in [6.45, 7) is 0.529. The number of amides is 2. The van der Waals surface area contributed by atoms with Gasteiger partial charge in [0.25, 0.3) is 0 Å². The van der Waals surface area contributed by atoms with E-state index in [2.05, 4.69) is 11.4 Å². The fourth-order valence-corrected chi connectivity index (χ4v) is 3.93. The van der Waals surface area contributed by atoms with Gasteiger partial charge in [0.05, 0.1) is 37.5 Å². The molecule has 1 N–H and O–H groups in total. The zero-order valence-electron chi connectivity index (χ0n) is 19.5. The second-order valence-corrected chi connectivity index (χ2v) is 8.06. The molecular weight excluding hydrogens is 446 g/mol. The van der Waals surface area contributed by atoms with Gasteiger partial charge in [-0.15, -0.1) is 0 Å². The summed E-state index contributed by atoms with van der Waals surface area (Å²) in [5, 5.41) is 11.9. The Morgan fingerprint density at radius 2 is 1.89 bits per heavy atom. The van der Waals surface area contributed by atoms with Gasteiger partial charge in [0, 0.05) is 30.8 Å². The van der Waals surface area contributed by atoms with E-state index in [1.165, 1.54) is 7.11 Å². The molecule has 0 saturated carbocycles. The molecule has 1 saturated heterocycles. The van der Waals surface area contributed by atoms with Gasteiger partial charge in [-0.2, -0.15) is 5.26 Å². The first-order valence-electron chi connectivity index (χ1n) is 11.1. The molecule has 1 unspecified atom stereocenters. The molecule has 3 aromatic carbocycles. The molecule has 35 heavy (non-hydrogen) atoms. The highest BCUT2D eigenvalue weighted by Crippen LogP contribution is 2.36. The quantitative estimate of drug-likeness (QED) is 0.530. The molecule has 0 aromatic heterocycles. The third kappa shape index (κ3) is 5.53. The number of nitrogens with one attached hydrogen (secondary N) is 1. The SMILES string of the molecule is COc1ccc(OC)c(N2CC(C(=O)Nc3cccc(OCc4cccc(C#N)c4)c3)CC2=O)c1. The van der Waals surface area contributed by atoms with Gasteiger partial charge in [-0.05, 0) is 42.0 Å². The number of carbonyl (C=O) groups is 2. The topological polar surface area (TPSA) is 101 Å². The molecule has 4 rings (SSSR count). The van der Waals surface area contributed by atoms with E-state index in [0.29, 0.717) is 40.8 Å². The Hall–Kier alpha value is -4.51. The Morgan fingerprint density at radius 1 is 1.06 bits per heavy atom. The first kappa shape index (κ1) is 23.6. The van der Waals surface area contributed by atoms with Crippen molar-refractivity contribution in [2.24, 2.45) is 5.92 Å². The molecule has 0 bridgehead atoms. The Kier molecular flexibility index (Phi) is 7.17. The molecule has 0 radical (unpaired) electrons.